The van der Waals surface area contributed by atoms with Crippen molar-refractivity contribution in [3.8, 4) is 0 Å². The van der Waals surface area contributed by atoms with Crippen molar-refractivity contribution in [1.82, 2.24) is 5.32 Å². The lowest BCUT2D eigenvalue weighted by Gasteiger charge is -2.21. The molecule has 0 fully saturated rings. The monoisotopic (exact) mass is 239 g/mol. The number of furan rings is 1. The number of hydrogen-bond donors (Lipinski definition) is 2. The summed E-state index contributed by atoms with van der Waals surface area (Å²) >= 11 is 0. The van der Waals surface area contributed by atoms with Gasteiger partial charge in [-0.15, -0.1) is 0 Å². The average Bonchev–Trinajstić information content (AvgIpc) is 2.76. The standard InChI is InChI=1S/C12H17NO4/c1-12(15,9-16-2)8-13-11(14)6-5-10-4-3-7-17-10/h3-7,15H,8-9H2,1-2H3,(H,13,14)/b6-5+/t12-/m0/s1. The molecule has 1 amide bonds. The van der Waals surface area contributed by atoms with Gasteiger partial charge in [-0.05, 0) is 25.1 Å². The van der Waals surface area contributed by atoms with Gasteiger partial charge in [0.05, 0.1) is 12.9 Å². The van der Waals surface area contributed by atoms with Crippen LogP contribution in [0.3, 0.4) is 0 Å². The summed E-state index contributed by atoms with van der Waals surface area (Å²) in [4.78, 5) is 11.4. The summed E-state index contributed by atoms with van der Waals surface area (Å²) in [6.45, 7) is 1.88. The highest BCUT2D eigenvalue weighted by Crippen LogP contribution is 2.03. The van der Waals surface area contributed by atoms with E-state index in [-0.39, 0.29) is 19.1 Å². The zero-order valence-electron chi connectivity index (χ0n) is 9.97. The van der Waals surface area contributed by atoms with Crippen LogP contribution in [-0.2, 0) is 9.53 Å². The molecule has 1 atom stereocenters. The molecule has 0 saturated heterocycles. The van der Waals surface area contributed by atoms with Crippen molar-refractivity contribution >= 4 is 12.0 Å². The van der Waals surface area contributed by atoms with Gasteiger partial charge in [-0.25, -0.2) is 0 Å². The summed E-state index contributed by atoms with van der Waals surface area (Å²) in [5, 5.41) is 12.3. The zero-order chi connectivity index (χ0) is 12.7. The molecule has 0 unspecified atom stereocenters. The fourth-order valence-electron chi connectivity index (χ4n) is 1.24. The number of hydrogen-bond acceptors (Lipinski definition) is 4. The summed E-state index contributed by atoms with van der Waals surface area (Å²) in [6.07, 6.45) is 4.43. The van der Waals surface area contributed by atoms with Gasteiger partial charge in [0.25, 0.3) is 0 Å². The largest absolute Gasteiger partial charge is 0.465 e. The highest BCUT2D eigenvalue weighted by Gasteiger charge is 2.20. The maximum Gasteiger partial charge on any atom is 0.244 e. The summed E-state index contributed by atoms with van der Waals surface area (Å²) in [6, 6.07) is 3.48. The third-order valence-electron chi connectivity index (χ3n) is 2.04. The number of amides is 1. The Morgan fingerprint density at radius 1 is 1.71 bits per heavy atom. The first-order chi connectivity index (χ1) is 8.03. The van der Waals surface area contributed by atoms with Gasteiger partial charge in [0, 0.05) is 19.7 Å². The van der Waals surface area contributed by atoms with Crippen LogP contribution in [-0.4, -0.2) is 36.9 Å². The lowest BCUT2D eigenvalue weighted by atomic mass is 10.1. The van der Waals surface area contributed by atoms with Gasteiger partial charge in [-0.3, -0.25) is 4.79 Å². The Hall–Kier alpha value is -1.59. The molecule has 1 aromatic rings. The van der Waals surface area contributed by atoms with E-state index in [1.54, 1.807) is 25.1 Å². The van der Waals surface area contributed by atoms with Crippen molar-refractivity contribution in [2.75, 3.05) is 20.3 Å². The first-order valence-electron chi connectivity index (χ1n) is 5.24. The highest BCUT2D eigenvalue weighted by molar-refractivity contribution is 5.91. The van der Waals surface area contributed by atoms with Crippen molar-refractivity contribution in [1.29, 1.82) is 0 Å². The van der Waals surface area contributed by atoms with Crippen LogP contribution in [0.2, 0.25) is 0 Å². The molecule has 0 radical (unpaired) electrons. The van der Waals surface area contributed by atoms with Crippen LogP contribution in [0, 0.1) is 0 Å². The molecule has 0 aliphatic rings. The summed E-state index contributed by atoms with van der Waals surface area (Å²) in [7, 11) is 1.49. The molecule has 17 heavy (non-hydrogen) atoms. The molecule has 0 aliphatic carbocycles. The van der Waals surface area contributed by atoms with E-state index in [0.717, 1.165) is 0 Å². The third-order valence-corrected chi connectivity index (χ3v) is 2.04. The van der Waals surface area contributed by atoms with Gasteiger partial charge in [-0.2, -0.15) is 0 Å². The molecule has 0 bridgehead atoms. The van der Waals surface area contributed by atoms with Crippen LogP contribution in [0.1, 0.15) is 12.7 Å². The second-order valence-electron chi connectivity index (χ2n) is 4.00. The minimum Gasteiger partial charge on any atom is -0.465 e. The predicted molar refractivity (Wildman–Crippen MR) is 63.3 cm³/mol. The lowest BCUT2D eigenvalue weighted by Crippen LogP contribution is -2.43. The Morgan fingerprint density at radius 2 is 2.47 bits per heavy atom. The Balaban J connectivity index is 2.35. The van der Waals surface area contributed by atoms with E-state index < -0.39 is 5.60 Å². The molecule has 0 spiro atoms. The topological polar surface area (TPSA) is 71.7 Å². The van der Waals surface area contributed by atoms with Crippen molar-refractivity contribution in [3.63, 3.8) is 0 Å². The van der Waals surface area contributed by atoms with E-state index in [1.807, 2.05) is 0 Å². The van der Waals surface area contributed by atoms with Crippen LogP contribution in [0.25, 0.3) is 6.08 Å². The number of carbonyl (C=O) groups excluding carboxylic acids is 1. The van der Waals surface area contributed by atoms with Gasteiger partial charge >= 0.3 is 0 Å². The lowest BCUT2D eigenvalue weighted by molar-refractivity contribution is -0.118. The maximum absolute atomic E-state index is 11.4. The molecule has 0 aromatic carbocycles. The Bertz CT molecular complexity index is 368. The molecule has 1 rings (SSSR count). The van der Waals surface area contributed by atoms with Gasteiger partial charge in [0.1, 0.15) is 11.4 Å². The van der Waals surface area contributed by atoms with Gasteiger partial charge in [0.15, 0.2) is 0 Å². The van der Waals surface area contributed by atoms with E-state index in [4.69, 9.17) is 9.15 Å². The smallest absolute Gasteiger partial charge is 0.244 e. The average molecular weight is 239 g/mol. The van der Waals surface area contributed by atoms with Crippen molar-refractivity contribution in [2.45, 2.75) is 12.5 Å². The van der Waals surface area contributed by atoms with Crippen LogP contribution in [0.4, 0.5) is 0 Å². The molecule has 2 N–H and O–H groups in total. The normalized spacial score (nSPS) is 14.8. The van der Waals surface area contributed by atoms with Crippen LogP contribution < -0.4 is 5.32 Å². The summed E-state index contributed by atoms with van der Waals surface area (Å²) in [5.74, 6) is 0.307. The number of rotatable bonds is 6. The highest BCUT2D eigenvalue weighted by atomic mass is 16.5. The molecule has 94 valence electrons. The van der Waals surface area contributed by atoms with Crippen LogP contribution in [0.15, 0.2) is 28.9 Å². The van der Waals surface area contributed by atoms with E-state index in [9.17, 15) is 9.90 Å². The van der Waals surface area contributed by atoms with E-state index in [0.29, 0.717) is 5.76 Å². The fourth-order valence-corrected chi connectivity index (χ4v) is 1.24. The Kier molecular flexibility index (Phi) is 4.93. The predicted octanol–water partition coefficient (Wildman–Crippen LogP) is 0.806. The summed E-state index contributed by atoms with van der Waals surface area (Å²) in [5.41, 5.74) is -1.07. The van der Waals surface area contributed by atoms with Gasteiger partial charge in [-0.1, -0.05) is 0 Å². The number of aliphatic hydroxyl groups is 1. The Morgan fingerprint density at radius 3 is 3.06 bits per heavy atom. The summed E-state index contributed by atoms with van der Waals surface area (Å²) < 4.78 is 9.86. The third kappa shape index (κ3) is 5.33. The molecule has 0 saturated carbocycles. The zero-order valence-corrected chi connectivity index (χ0v) is 9.97. The number of methoxy groups -OCH3 is 1. The van der Waals surface area contributed by atoms with E-state index in [1.165, 1.54) is 19.4 Å². The van der Waals surface area contributed by atoms with Crippen molar-refractivity contribution < 1.29 is 19.1 Å². The van der Waals surface area contributed by atoms with Crippen molar-refractivity contribution in [3.05, 3.63) is 30.2 Å². The van der Waals surface area contributed by atoms with Crippen LogP contribution >= 0.6 is 0 Å². The SMILES string of the molecule is COC[C@@](C)(O)CNC(=O)/C=C/c1ccco1. The second-order valence-corrected chi connectivity index (χ2v) is 4.00. The first kappa shape index (κ1) is 13.5. The van der Waals surface area contributed by atoms with Crippen molar-refractivity contribution in [2.24, 2.45) is 0 Å². The second kappa shape index (κ2) is 6.22. The minimum absolute atomic E-state index is 0.127. The molecule has 1 aromatic heterocycles. The molecular formula is C12H17NO4. The quantitative estimate of drug-likeness (QED) is 0.720. The van der Waals surface area contributed by atoms with E-state index in [2.05, 4.69) is 5.32 Å². The fraction of sp³-hybridized carbons (Fsp3) is 0.417. The number of nitrogens with one attached hydrogen (secondary N) is 1. The van der Waals surface area contributed by atoms with Gasteiger partial charge in [0.2, 0.25) is 5.91 Å². The Labute approximate surface area is 100 Å². The minimum atomic E-state index is -1.07. The molecule has 0 aliphatic heterocycles. The molecule has 5 nitrogen and oxygen atoms in total. The molecule has 5 heteroatoms. The maximum atomic E-state index is 11.4. The number of ether oxygens (including phenoxy) is 1. The molecule has 1 heterocycles. The van der Waals surface area contributed by atoms with Crippen LogP contribution in [0.5, 0.6) is 0 Å². The van der Waals surface area contributed by atoms with Gasteiger partial charge < -0.3 is 19.6 Å². The molecular weight excluding hydrogens is 222 g/mol. The first-order valence-corrected chi connectivity index (χ1v) is 5.24. The van der Waals surface area contributed by atoms with E-state index >= 15 is 0 Å². The number of carbonyl (C=O) groups is 1.